The van der Waals surface area contributed by atoms with E-state index in [1.165, 1.54) is 9.75 Å². The average Bonchev–Trinajstić information content (AvgIpc) is 2.96. The van der Waals surface area contributed by atoms with E-state index in [4.69, 9.17) is 10.7 Å². The van der Waals surface area contributed by atoms with Gasteiger partial charge in [-0.25, -0.2) is 9.97 Å². The van der Waals surface area contributed by atoms with Crippen molar-refractivity contribution in [1.29, 1.82) is 0 Å². The van der Waals surface area contributed by atoms with Gasteiger partial charge in [0.25, 0.3) is 0 Å². The summed E-state index contributed by atoms with van der Waals surface area (Å²) in [6, 6.07) is 0. The van der Waals surface area contributed by atoms with E-state index in [9.17, 15) is 0 Å². The largest absolute Gasteiger partial charge is 0.346 e. The third-order valence-electron chi connectivity index (χ3n) is 3.00. The zero-order valence-corrected chi connectivity index (χ0v) is 13.4. The maximum Gasteiger partial charge on any atom is 0.185 e. The van der Waals surface area contributed by atoms with E-state index in [1.54, 1.807) is 22.7 Å². The highest BCUT2D eigenvalue weighted by Gasteiger charge is 2.16. The number of anilines is 1. The molecule has 104 valence electrons. The minimum atomic E-state index is 0.419. The normalized spacial score (nSPS) is 11.3. The smallest absolute Gasteiger partial charge is 0.185 e. The monoisotopic (exact) mass is 296 g/mol. The van der Waals surface area contributed by atoms with Crippen molar-refractivity contribution in [3.05, 3.63) is 26.7 Å². The van der Waals surface area contributed by atoms with E-state index in [2.05, 4.69) is 30.8 Å². The lowest BCUT2D eigenvalue weighted by atomic mass is 10.1. The van der Waals surface area contributed by atoms with Crippen LogP contribution >= 0.6 is 22.7 Å². The Morgan fingerprint density at radius 2 is 2.11 bits per heavy atom. The number of nitrogens with zero attached hydrogens (tertiary/aromatic N) is 3. The van der Waals surface area contributed by atoms with Crippen LogP contribution < -0.4 is 10.6 Å². The van der Waals surface area contributed by atoms with Crippen molar-refractivity contribution < 1.29 is 0 Å². The van der Waals surface area contributed by atoms with Gasteiger partial charge in [-0.05, 0) is 12.8 Å². The molecule has 0 spiro atoms. The molecule has 0 radical (unpaired) electrons. The summed E-state index contributed by atoms with van der Waals surface area (Å²) in [5.74, 6) is 0.419. The maximum absolute atomic E-state index is 5.81. The van der Waals surface area contributed by atoms with E-state index in [0.29, 0.717) is 12.5 Å². The summed E-state index contributed by atoms with van der Waals surface area (Å²) < 4.78 is 0. The van der Waals surface area contributed by atoms with E-state index in [-0.39, 0.29) is 0 Å². The second-order valence-electron chi connectivity index (χ2n) is 4.88. The number of thiazole rings is 2. The van der Waals surface area contributed by atoms with E-state index < -0.39 is 0 Å². The summed E-state index contributed by atoms with van der Waals surface area (Å²) in [6.07, 6.45) is 0. The molecule has 0 amide bonds. The molecule has 0 fully saturated rings. The molecule has 2 heterocycles. The van der Waals surface area contributed by atoms with Gasteiger partial charge in [-0.2, -0.15) is 0 Å². The number of aryl methyl sites for hydroxylation is 1. The van der Waals surface area contributed by atoms with Crippen LogP contribution in [0.3, 0.4) is 0 Å². The van der Waals surface area contributed by atoms with Crippen LogP contribution in [0.5, 0.6) is 0 Å². The summed E-state index contributed by atoms with van der Waals surface area (Å²) in [5.41, 5.74) is 9.94. The molecule has 0 saturated heterocycles. The maximum atomic E-state index is 5.81. The molecule has 0 unspecified atom stereocenters. The number of rotatable bonds is 5. The predicted molar refractivity (Wildman–Crippen MR) is 83.1 cm³/mol. The number of hydrogen-bond acceptors (Lipinski definition) is 6. The van der Waals surface area contributed by atoms with Crippen LogP contribution in [0.15, 0.2) is 5.51 Å². The third-order valence-corrected chi connectivity index (χ3v) is 5.13. The van der Waals surface area contributed by atoms with Crippen LogP contribution in [0.4, 0.5) is 5.13 Å². The molecule has 0 saturated carbocycles. The number of hydrogen-bond donors (Lipinski definition) is 1. The fraction of sp³-hybridized carbons (Fsp3) is 0.538. The van der Waals surface area contributed by atoms with Gasteiger partial charge in [0.05, 0.1) is 23.4 Å². The Bertz CT molecular complexity index is 545. The van der Waals surface area contributed by atoms with Gasteiger partial charge < -0.3 is 10.6 Å². The van der Waals surface area contributed by atoms with Crippen molar-refractivity contribution in [2.75, 3.05) is 11.9 Å². The average molecular weight is 296 g/mol. The second kappa shape index (κ2) is 5.98. The molecular formula is C13H20N4S2. The lowest BCUT2D eigenvalue weighted by molar-refractivity contribution is 0.805. The first-order valence-corrected chi connectivity index (χ1v) is 8.02. The van der Waals surface area contributed by atoms with Crippen molar-refractivity contribution in [3.8, 4) is 0 Å². The summed E-state index contributed by atoms with van der Waals surface area (Å²) >= 11 is 3.39. The Morgan fingerprint density at radius 1 is 1.37 bits per heavy atom. The molecule has 0 atom stereocenters. The Labute approximate surface area is 122 Å². The Morgan fingerprint density at radius 3 is 2.58 bits per heavy atom. The van der Waals surface area contributed by atoms with Gasteiger partial charge in [0, 0.05) is 23.3 Å². The standard InChI is InChI=1S/C13H20N4S2/c1-8(2)12-10(5-14)19-13(16-12)17(4)6-11-9(3)15-7-18-11/h7-8H,5-6,14H2,1-4H3. The zero-order valence-electron chi connectivity index (χ0n) is 11.8. The van der Waals surface area contributed by atoms with E-state index in [1.807, 2.05) is 12.4 Å². The molecule has 0 aliphatic rings. The molecule has 19 heavy (non-hydrogen) atoms. The van der Waals surface area contributed by atoms with Crippen molar-refractivity contribution in [2.24, 2.45) is 5.73 Å². The lowest BCUT2D eigenvalue weighted by Gasteiger charge is -2.14. The quantitative estimate of drug-likeness (QED) is 0.921. The molecule has 6 heteroatoms. The zero-order chi connectivity index (χ0) is 14.0. The molecule has 0 aliphatic heterocycles. The Hall–Kier alpha value is -0.980. The van der Waals surface area contributed by atoms with Crippen LogP contribution in [0, 0.1) is 6.92 Å². The molecule has 2 N–H and O–H groups in total. The first kappa shape index (κ1) is 14.4. The first-order valence-electron chi connectivity index (χ1n) is 6.32. The van der Waals surface area contributed by atoms with Crippen molar-refractivity contribution >= 4 is 27.8 Å². The van der Waals surface area contributed by atoms with Gasteiger partial charge in [0.15, 0.2) is 5.13 Å². The minimum absolute atomic E-state index is 0.419. The van der Waals surface area contributed by atoms with Gasteiger partial charge in [0.2, 0.25) is 0 Å². The van der Waals surface area contributed by atoms with Gasteiger partial charge in [-0.15, -0.1) is 22.7 Å². The fourth-order valence-electron chi connectivity index (χ4n) is 1.87. The highest BCUT2D eigenvalue weighted by atomic mass is 32.1. The van der Waals surface area contributed by atoms with Crippen LogP contribution in [-0.4, -0.2) is 17.0 Å². The summed E-state index contributed by atoms with van der Waals surface area (Å²) in [7, 11) is 2.07. The highest BCUT2D eigenvalue weighted by molar-refractivity contribution is 7.15. The molecule has 2 aromatic heterocycles. The topological polar surface area (TPSA) is 55.0 Å². The van der Waals surface area contributed by atoms with Gasteiger partial charge >= 0.3 is 0 Å². The van der Waals surface area contributed by atoms with Gasteiger partial charge in [-0.1, -0.05) is 13.8 Å². The fourth-order valence-corrected chi connectivity index (χ4v) is 3.76. The van der Waals surface area contributed by atoms with Gasteiger partial charge in [-0.3, -0.25) is 0 Å². The molecule has 0 aromatic carbocycles. The van der Waals surface area contributed by atoms with Crippen molar-refractivity contribution in [1.82, 2.24) is 9.97 Å². The summed E-state index contributed by atoms with van der Waals surface area (Å²) in [5, 5.41) is 1.04. The summed E-state index contributed by atoms with van der Waals surface area (Å²) in [6.45, 7) is 7.78. The summed E-state index contributed by atoms with van der Waals surface area (Å²) in [4.78, 5) is 13.7. The van der Waals surface area contributed by atoms with Crippen molar-refractivity contribution in [3.63, 3.8) is 0 Å². The number of aromatic nitrogens is 2. The second-order valence-corrected chi connectivity index (χ2v) is 6.88. The number of nitrogens with two attached hydrogens (primary N) is 1. The van der Waals surface area contributed by atoms with Crippen LogP contribution in [0.2, 0.25) is 0 Å². The first-order chi connectivity index (χ1) is 9.02. The molecular weight excluding hydrogens is 276 g/mol. The van der Waals surface area contributed by atoms with Crippen LogP contribution in [-0.2, 0) is 13.1 Å². The predicted octanol–water partition coefficient (Wildman–Crippen LogP) is 3.13. The Balaban J connectivity index is 2.19. The third kappa shape index (κ3) is 3.13. The SMILES string of the molecule is Cc1ncsc1CN(C)c1nc(C(C)C)c(CN)s1. The molecule has 0 aliphatic carbocycles. The van der Waals surface area contributed by atoms with E-state index >= 15 is 0 Å². The van der Waals surface area contributed by atoms with Crippen molar-refractivity contribution in [2.45, 2.75) is 39.8 Å². The Kier molecular flexibility index (Phi) is 4.54. The van der Waals surface area contributed by atoms with Crippen LogP contribution in [0.1, 0.15) is 40.9 Å². The molecule has 0 bridgehead atoms. The molecule has 2 rings (SSSR count). The highest BCUT2D eigenvalue weighted by Crippen LogP contribution is 2.31. The lowest BCUT2D eigenvalue weighted by Crippen LogP contribution is -2.16. The molecule has 4 nitrogen and oxygen atoms in total. The molecule has 2 aromatic rings. The van der Waals surface area contributed by atoms with Crippen LogP contribution in [0.25, 0.3) is 0 Å². The van der Waals surface area contributed by atoms with E-state index in [0.717, 1.165) is 23.1 Å². The minimum Gasteiger partial charge on any atom is -0.346 e. The van der Waals surface area contributed by atoms with Gasteiger partial charge in [0.1, 0.15) is 0 Å².